The zero-order valence-electron chi connectivity index (χ0n) is 31.9. The molecule has 5 rings (SSSR count). The maximum Gasteiger partial charge on any atom is 0.315 e. The summed E-state index contributed by atoms with van der Waals surface area (Å²) >= 11 is 6.87. The maximum absolute atomic E-state index is 14.4. The molecule has 0 fully saturated rings. The minimum absolute atomic E-state index is 0.201. The summed E-state index contributed by atoms with van der Waals surface area (Å²) in [5, 5.41) is 0.547. The van der Waals surface area contributed by atoms with Crippen LogP contribution in [0.2, 0.25) is 5.02 Å². The van der Waals surface area contributed by atoms with Gasteiger partial charge in [-0.15, -0.1) is 0 Å². The highest BCUT2D eigenvalue weighted by Gasteiger charge is 2.46. The number of ether oxygens (including phenoxy) is 7. The highest BCUT2D eigenvalue weighted by atomic mass is 35.5. The third-order valence-electron chi connectivity index (χ3n) is 9.37. The van der Waals surface area contributed by atoms with Crippen molar-refractivity contribution in [3.05, 3.63) is 87.9 Å². The Bertz CT molecular complexity index is 1680. The minimum Gasteiger partial charge on any atom is -0.490 e. The molecule has 0 radical (unpaired) electrons. The molecule has 2 heterocycles. The van der Waals surface area contributed by atoms with Crippen molar-refractivity contribution in [1.29, 1.82) is 0 Å². The Morgan fingerprint density at radius 2 is 1.48 bits per heavy atom. The molecule has 13 heteroatoms. The lowest BCUT2D eigenvalue weighted by atomic mass is 9.79. The second-order valence-electron chi connectivity index (χ2n) is 14.0. The fourth-order valence-electron chi connectivity index (χ4n) is 6.75. The second-order valence-corrected chi connectivity index (χ2v) is 14.4. The molecular weight excluding hydrogens is 714 g/mol. The molecule has 0 saturated heterocycles. The van der Waals surface area contributed by atoms with Gasteiger partial charge in [0.25, 0.3) is 5.91 Å². The van der Waals surface area contributed by atoms with E-state index in [9.17, 15) is 9.59 Å². The van der Waals surface area contributed by atoms with E-state index in [1.54, 1.807) is 17.0 Å². The van der Waals surface area contributed by atoms with E-state index in [4.69, 9.17) is 50.5 Å². The van der Waals surface area contributed by atoms with Gasteiger partial charge in [-0.1, -0.05) is 62.7 Å². The quantitative estimate of drug-likeness (QED) is 0.115. The van der Waals surface area contributed by atoms with Gasteiger partial charge in [0, 0.05) is 29.4 Å². The fraction of sp³-hybridized carbons (Fsp3) is 0.512. The van der Waals surface area contributed by atoms with Gasteiger partial charge in [-0.05, 0) is 52.4 Å². The van der Waals surface area contributed by atoms with Gasteiger partial charge in [0.2, 0.25) is 0 Å². The summed E-state index contributed by atoms with van der Waals surface area (Å²) in [7, 11) is 1.38. The molecule has 0 aliphatic carbocycles. The number of amides is 1. The van der Waals surface area contributed by atoms with Crippen LogP contribution in [0, 0.1) is 0 Å². The van der Waals surface area contributed by atoms with E-state index in [1.807, 2.05) is 48.5 Å². The van der Waals surface area contributed by atoms with Crippen molar-refractivity contribution < 1.29 is 42.7 Å². The smallest absolute Gasteiger partial charge is 0.315 e. The van der Waals surface area contributed by atoms with Crippen LogP contribution in [0.1, 0.15) is 59.8 Å². The molecule has 3 aromatic carbocycles. The van der Waals surface area contributed by atoms with Crippen LogP contribution < -0.4 is 20.3 Å². The Labute approximate surface area is 323 Å². The number of fused-ring (bicyclic) bond motifs is 2. The number of benzene rings is 3. The van der Waals surface area contributed by atoms with Gasteiger partial charge in [0.15, 0.2) is 0 Å². The lowest BCUT2D eigenvalue weighted by Gasteiger charge is -2.42. The van der Waals surface area contributed by atoms with Crippen LogP contribution in [0.25, 0.3) is 0 Å². The second kappa shape index (κ2) is 20.2. The fourth-order valence-corrected chi connectivity index (χ4v) is 7.21. The van der Waals surface area contributed by atoms with Crippen LogP contribution in [0.3, 0.4) is 0 Å². The van der Waals surface area contributed by atoms with Crippen molar-refractivity contribution >= 4 is 34.9 Å². The van der Waals surface area contributed by atoms with Crippen molar-refractivity contribution in [3.8, 4) is 5.75 Å². The molecule has 2 atom stereocenters. The van der Waals surface area contributed by atoms with Crippen LogP contribution in [0.4, 0.5) is 11.4 Å². The van der Waals surface area contributed by atoms with Crippen molar-refractivity contribution in [2.45, 2.75) is 38.1 Å². The average molecular weight is 768 g/mol. The Morgan fingerprint density at radius 3 is 2.09 bits per heavy atom. The molecule has 0 unspecified atom stereocenters. The van der Waals surface area contributed by atoms with Crippen molar-refractivity contribution in [2.24, 2.45) is 5.73 Å². The highest BCUT2D eigenvalue weighted by Crippen LogP contribution is 2.48. The first-order valence-electron chi connectivity index (χ1n) is 18.6. The molecule has 54 heavy (non-hydrogen) atoms. The Balaban J connectivity index is 1.25. The van der Waals surface area contributed by atoms with Gasteiger partial charge < -0.3 is 43.8 Å². The molecule has 3 aromatic rings. The van der Waals surface area contributed by atoms with Crippen molar-refractivity contribution in [1.82, 2.24) is 0 Å². The number of esters is 1. The minimum atomic E-state index is -0.797. The first-order valence-corrected chi connectivity index (χ1v) is 18.9. The number of hydrogen-bond donors (Lipinski definition) is 1. The molecule has 2 aliphatic rings. The third kappa shape index (κ3) is 10.5. The first kappa shape index (κ1) is 41.4. The average Bonchev–Trinajstić information content (AvgIpc) is 3.16. The summed E-state index contributed by atoms with van der Waals surface area (Å²) in [6.45, 7) is 13.4. The summed E-state index contributed by atoms with van der Waals surface area (Å²) < 4.78 is 39.2. The highest BCUT2D eigenvalue weighted by molar-refractivity contribution is 6.32. The van der Waals surface area contributed by atoms with E-state index in [-0.39, 0.29) is 11.3 Å². The van der Waals surface area contributed by atoms with Gasteiger partial charge in [0.05, 0.1) is 91.5 Å². The van der Waals surface area contributed by atoms with E-state index >= 15 is 0 Å². The van der Waals surface area contributed by atoms with E-state index in [0.717, 1.165) is 22.6 Å². The lowest BCUT2D eigenvalue weighted by molar-refractivity contribution is -0.143. The summed E-state index contributed by atoms with van der Waals surface area (Å²) in [6, 6.07) is 18.0. The Morgan fingerprint density at radius 1 is 0.852 bits per heavy atom. The summed E-state index contributed by atoms with van der Waals surface area (Å²) in [5.41, 5.74) is 9.42. The predicted octanol–water partition coefficient (Wildman–Crippen LogP) is 5.54. The summed E-state index contributed by atoms with van der Waals surface area (Å²) in [6.07, 6.45) is 0. The molecule has 12 nitrogen and oxygen atoms in total. The van der Waals surface area contributed by atoms with Crippen LogP contribution in [-0.2, 0) is 38.6 Å². The maximum atomic E-state index is 14.4. The molecule has 2 aliphatic heterocycles. The van der Waals surface area contributed by atoms with Crippen LogP contribution >= 0.6 is 11.6 Å². The zero-order valence-corrected chi connectivity index (χ0v) is 32.6. The molecular formula is C41H54ClN3O9. The van der Waals surface area contributed by atoms with Gasteiger partial charge in [-0.25, -0.2) is 0 Å². The number of rotatable bonds is 20. The molecule has 294 valence electrons. The molecule has 0 bridgehead atoms. The third-order valence-corrected chi connectivity index (χ3v) is 9.69. The molecule has 1 amide bonds. The summed E-state index contributed by atoms with van der Waals surface area (Å²) in [4.78, 5) is 32.0. The lowest BCUT2D eigenvalue weighted by Crippen LogP contribution is -2.45. The van der Waals surface area contributed by atoms with Gasteiger partial charge in [-0.2, -0.15) is 0 Å². The van der Waals surface area contributed by atoms with E-state index in [2.05, 4.69) is 25.7 Å². The Kier molecular flexibility index (Phi) is 15.5. The normalized spacial score (nSPS) is 16.9. The molecule has 0 saturated carbocycles. The number of halogens is 1. The number of anilines is 2. The largest absolute Gasteiger partial charge is 0.490 e. The number of carbonyl (C=O) groups is 2. The van der Waals surface area contributed by atoms with Crippen LogP contribution in [0.15, 0.2) is 60.7 Å². The Hall–Kier alpha value is -3.75. The molecule has 0 aromatic heterocycles. The van der Waals surface area contributed by atoms with Crippen molar-refractivity contribution in [3.63, 3.8) is 0 Å². The summed E-state index contributed by atoms with van der Waals surface area (Å²) in [5.74, 6) is -0.739. The van der Waals surface area contributed by atoms with E-state index in [0.29, 0.717) is 114 Å². The number of nitrogens with zero attached hydrogens (tertiary/aromatic N) is 2. The standard InChI is InChI=1S/C41H54ClN3O9/c1-41(2,3)33-11-10-30(28-34(33)42)45-38(37(40(47)48-4)31-7-5-6-8-32(31)39(45)46)29-9-12-36-35(27-29)44(15-18-54-36)14-17-50-20-22-52-24-26-53-25-23-51-21-19-49-16-13-43/h5-12,27-28,37-38H,13-26,43H2,1-4H3/t37-,38+/m1/s1. The number of methoxy groups -OCH3 is 1. The van der Waals surface area contributed by atoms with Crippen molar-refractivity contribution in [2.75, 3.05) is 109 Å². The van der Waals surface area contributed by atoms with Gasteiger partial charge in [-0.3, -0.25) is 14.5 Å². The van der Waals surface area contributed by atoms with Crippen LogP contribution in [0.5, 0.6) is 5.75 Å². The van der Waals surface area contributed by atoms with E-state index in [1.165, 1.54) is 7.11 Å². The predicted molar refractivity (Wildman–Crippen MR) is 208 cm³/mol. The monoisotopic (exact) mass is 767 g/mol. The number of hydrogen-bond acceptors (Lipinski definition) is 11. The van der Waals surface area contributed by atoms with E-state index < -0.39 is 17.9 Å². The molecule has 2 N–H and O–H groups in total. The number of carbonyl (C=O) groups excluding carboxylic acids is 2. The van der Waals surface area contributed by atoms with Gasteiger partial charge >= 0.3 is 5.97 Å². The molecule has 0 spiro atoms. The topological polar surface area (TPSA) is 131 Å². The first-order chi connectivity index (χ1) is 26.2. The van der Waals surface area contributed by atoms with Gasteiger partial charge in [0.1, 0.15) is 18.3 Å². The SMILES string of the molecule is COC(=O)[C@@H]1c2ccccc2C(=O)N(c2ccc(C(C)(C)C)c(Cl)c2)[C@H]1c1ccc2c(c1)N(CCOCCOCCOCCOCCOCCN)CCO2. The zero-order chi connectivity index (χ0) is 38.5. The van der Waals surface area contributed by atoms with Crippen LogP contribution in [-0.4, -0.2) is 111 Å². The number of nitrogens with two attached hydrogens (primary N) is 1.